The van der Waals surface area contributed by atoms with Crippen molar-refractivity contribution in [1.82, 2.24) is 15.0 Å². The third kappa shape index (κ3) is 4.61. The van der Waals surface area contributed by atoms with E-state index in [0.717, 1.165) is 61.4 Å². The van der Waals surface area contributed by atoms with Gasteiger partial charge in [-0.15, -0.1) is 11.3 Å². The second-order valence-corrected chi connectivity index (χ2v) is 13.4. The molecule has 3 aromatic heterocycles. The van der Waals surface area contributed by atoms with Crippen molar-refractivity contribution < 1.29 is 0 Å². The summed E-state index contributed by atoms with van der Waals surface area (Å²) >= 11 is 1.86. The second kappa shape index (κ2) is 11.2. The van der Waals surface area contributed by atoms with E-state index in [1.165, 1.54) is 36.3 Å². The lowest BCUT2D eigenvalue weighted by Gasteiger charge is -2.12. The monoisotopic (exact) mass is 641 g/mol. The molecule has 0 aliphatic rings. The number of pyridine rings is 1. The van der Waals surface area contributed by atoms with Gasteiger partial charge in [-0.2, -0.15) is 0 Å². The molecule has 0 spiro atoms. The molecule has 0 saturated heterocycles. The molecule has 3 nitrogen and oxygen atoms in total. The van der Waals surface area contributed by atoms with Crippen LogP contribution in [-0.2, 0) is 0 Å². The van der Waals surface area contributed by atoms with Crippen LogP contribution in [0.25, 0.3) is 97.8 Å². The SMILES string of the molecule is c1ccc(-c2nc(-c3ccc(-c4cccc(-c5nc6ccc7ccccc7c6c6sc7ccccc7c56)c4)cc3)c3ccccc3n2)cc1. The minimum Gasteiger partial charge on any atom is -0.247 e. The molecule has 10 aromatic rings. The number of hydrogen-bond acceptors (Lipinski definition) is 4. The highest BCUT2D eigenvalue weighted by atomic mass is 32.1. The molecule has 0 aliphatic carbocycles. The molecule has 0 bridgehead atoms. The molecule has 0 fully saturated rings. The Bertz CT molecular complexity index is 2870. The third-order valence-electron chi connectivity index (χ3n) is 9.46. The van der Waals surface area contributed by atoms with Crippen LogP contribution in [0.15, 0.2) is 164 Å². The average Bonchev–Trinajstić information content (AvgIpc) is 3.57. The van der Waals surface area contributed by atoms with Crippen molar-refractivity contribution in [3.63, 3.8) is 0 Å². The van der Waals surface area contributed by atoms with Gasteiger partial charge in [0.05, 0.1) is 22.4 Å². The standard InChI is InChI=1S/C45H27N3S/c1-2-12-31(13-3-1)45-47-37-19-8-6-17-35(37)42(48-45)30-23-21-28(22-24-30)32-14-10-15-33(27-32)43-41-36-18-7-9-20-39(36)49-44(41)40-34-16-5-4-11-29(34)25-26-38(40)46-43/h1-27H. The maximum atomic E-state index is 5.39. The Morgan fingerprint density at radius 2 is 1.06 bits per heavy atom. The predicted molar refractivity (Wildman–Crippen MR) is 207 cm³/mol. The molecule has 0 aliphatic heterocycles. The summed E-state index contributed by atoms with van der Waals surface area (Å²) in [5.41, 5.74) is 9.39. The quantitative estimate of drug-likeness (QED) is 0.180. The van der Waals surface area contributed by atoms with Crippen LogP contribution in [0.2, 0.25) is 0 Å². The summed E-state index contributed by atoms with van der Waals surface area (Å²) < 4.78 is 2.57. The minimum atomic E-state index is 0.731. The summed E-state index contributed by atoms with van der Waals surface area (Å²) in [7, 11) is 0. The number of thiophene rings is 1. The lowest BCUT2D eigenvalue weighted by molar-refractivity contribution is 1.23. The van der Waals surface area contributed by atoms with Gasteiger partial charge in [0, 0.05) is 47.6 Å². The highest BCUT2D eigenvalue weighted by Gasteiger charge is 2.18. The van der Waals surface area contributed by atoms with Crippen LogP contribution in [0.3, 0.4) is 0 Å². The van der Waals surface area contributed by atoms with Gasteiger partial charge in [-0.3, -0.25) is 0 Å². The Balaban J connectivity index is 1.11. The first kappa shape index (κ1) is 27.8. The van der Waals surface area contributed by atoms with Gasteiger partial charge < -0.3 is 0 Å². The van der Waals surface area contributed by atoms with Crippen LogP contribution in [-0.4, -0.2) is 15.0 Å². The van der Waals surface area contributed by atoms with Crippen LogP contribution >= 0.6 is 11.3 Å². The molecule has 0 amide bonds. The fraction of sp³-hybridized carbons (Fsp3) is 0. The molecule has 0 atom stereocenters. The molecule has 4 heteroatoms. The molecule has 228 valence electrons. The number of nitrogens with zero attached hydrogens (tertiary/aromatic N) is 3. The van der Waals surface area contributed by atoms with Gasteiger partial charge in [-0.05, 0) is 46.2 Å². The molecule has 7 aromatic carbocycles. The minimum absolute atomic E-state index is 0.731. The molecule has 3 heterocycles. The van der Waals surface area contributed by atoms with Crippen LogP contribution < -0.4 is 0 Å². The summed E-state index contributed by atoms with van der Waals surface area (Å²) in [6, 6.07) is 57.7. The zero-order chi connectivity index (χ0) is 32.3. The molecule has 0 saturated carbocycles. The van der Waals surface area contributed by atoms with Gasteiger partial charge in [0.15, 0.2) is 5.82 Å². The fourth-order valence-corrected chi connectivity index (χ4v) is 8.39. The van der Waals surface area contributed by atoms with Crippen LogP contribution in [0.1, 0.15) is 0 Å². The van der Waals surface area contributed by atoms with Crippen molar-refractivity contribution in [3.05, 3.63) is 164 Å². The van der Waals surface area contributed by atoms with Crippen LogP contribution in [0.5, 0.6) is 0 Å². The van der Waals surface area contributed by atoms with Crippen molar-refractivity contribution in [3.8, 4) is 45.0 Å². The topological polar surface area (TPSA) is 38.7 Å². The Kier molecular flexibility index (Phi) is 6.36. The normalized spacial score (nSPS) is 11.7. The molecule has 0 unspecified atom stereocenters. The number of fused-ring (bicyclic) bond motifs is 8. The molecular weight excluding hydrogens is 615 g/mol. The fourth-order valence-electron chi connectivity index (χ4n) is 7.11. The zero-order valence-corrected chi connectivity index (χ0v) is 27.2. The van der Waals surface area contributed by atoms with E-state index in [-0.39, 0.29) is 0 Å². The van der Waals surface area contributed by atoms with E-state index in [1.807, 2.05) is 41.7 Å². The number of aromatic nitrogens is 3. The van der Waals surface area contributed by atoms with E-state index in [0.29, 0.717) is 0 Å². The van der Waals surface area contributed by atoms with Gasteiger partial charge in [0.1, 0.15) is 0 Å². The predicted octanol–water partition coefficient (Wildman–Crippen LogP) is 12.4. The van der Waals surface area contributed by atoms with E-state index >= 15 is 0 Å². The first-order chi connectivity index (χ1) is 24.3. The Labute approximate surface area is 286 Å². The molecule has 0 radical (unpaired) electrons. The molecule has 0 N–H and O–H groups in total. The lowest BCUT2D eigenvalue weighted by atomic mass is 9.96. The molecule has 49 heavy (non-hydrogen) atoms. The smallest absolute Gasteiger partial charge is 0.160 e. The van der Waals surface area contributed by atoms with Crippen molar-refractivity contribution in [2.45, 2.75) is 0 Å². The number of benzene rings is 7. The summed E-state index contributed by atoms with van der Waals surface area (Å²) in [5.74, 6) is 0.731. The van der Waals surface area contributed by atoms with Gasteiger partial charge in [0.25, 0.3) is 0 Å². The van der Waals surface area contributed by atoms with Crippen LogP contribution in [0, 0.1) is 0 Å². The summed E-state index contributed by atoms with van der Waals surface area (Å²) in [5, 5.41) is 7.23. The Morgan fingerprint density at radius 1 is 0.367 bits per heavy atom. The molecular formula is C45H27N3S. The second-order valence-electron chi connectivity index (χ2n) is 12.4. The number of rotatable bonds is 4. The van der Waals surface area contributed by atoms with E-state index in [1.54, 1.807) is 0 Å². The first-order valence-electron chi connectivity index (χ1n) is 16.4. The van der Waals surface area contributed by atoms with Crippen LogP contribution in [0.4, 0.5) is 0 Å². The highest BCUT2D eigenvalue weighted by molar-refractivity contribution is 7.27. The summed E-state index contributed by atoms with van der Waals surface area (Å²) in [6.45, 7) is 0. The van der Waals surface area contributed by atoms with E-state index < -0.39 is 0 Å². The maximum absolute atomic E-state index is 5.39. The van der Waals surface area contributed by atoms with Gasteiger partial charge in [0.2, 0.25) is 0 Å². The van der Waals surface area contributed by atoms with E-state index in [2.05, 4.69) is 133 Å². The maximum Gasteiger partial charge on any atom is 0.160 e. The largest absolute Gasteiger partial charge is 0.247 e. The lowest BCUT2D eigenvalue weighted by Crippen LogP contribution is -1.95. The summed E-state index contributed by atoms with van der Waals surface area (Å²) in [6.07, 6.45) is 0. The Morgan fingerprint density at radius 3 is 1.94 bits per heavy atom. The highest BCUT2D eigenvalue weighted by Crippen LogP contribution is 2.45. The Hall–Kier alpha value is -6.23. The summed E-state index contributed by atoms with van der Waals surface area (Å²) in [4.78, 5) is 15.4. The average molecular weight is 642 g/mol. The van der Waals surface area contributed by atoms with Gasteiger partial charge in [-0.1, -0.05) is 140 Å². The first-order valence-corrected chi connectivity index (χ1v) is 17.3. The van der Waals surface area contributed by atoms with E-state index in [9.17, 15) is 0 Å². The number of hydrogen-bond donors (Lipinski definition) is 0. The molecule has 10 rings (SSSR count). The van der Waals surface area contributed by atoms with Gasteiger partial charge >= 0.3 is 0 Å². The van der Waals surface area contributed by atoms with Crippen molar-refractivity contribution in [2.24, 2.45) is 0 Å². The van der Waals surface area contributed by atoms with Gasteiger partial charge in [-0.25, -0.2) is 15.0 Å². The van der Waals surface area contributed by atoms with Crippen molar-refractivity contribution >= 4 is 64.1 Å². The number of para-hydroxylation sites is 1. The van der Waals surface area contributed by atoms with Crippen molar-refractivity contribution in [2.75, 3.05) is 0 Å². The van der Waals surface area contributed by atoms with Crippen molar-refractivity contribution in [1.29, 1.82) is 0 Å². The third-order valence-corrected chi connectivity index (χ3v) is 10.6. The van der Waals surface area contributed by atoms with E-state index in [4.69, 9.17) is 15.0 Å². The zero-order valence-electron chi connectivity index (χ0n) is 26.3.